The highest BCUT2D eigenvalue weighted by atomic mass is 32.1. The van der Waals surface area contributed by atoms with Crippen molar-refractivity contribution in [1.82, 2.24) is 14.8 Å². The lowest BCUT2D eigenvalue weighted by Gasteiger charge is -2.20. The van der Waals surface area contributed by atoms with Gasteiger partial charge in [-0.2, -0.15) is 10.2 Å². The molecule has 1 aliphatic heterocycles. The number of aryl methyl sites for hydroxylation is 1. The Labute approximate surface area is 202 Å². The summed E-state index contributed by atoms with van der Waals surface area (Å²) in [5.74, 6) is -0.990. The maximum absolute atomic E-state index is 13.0. The fraction of sp³-hybridized carbons (Fsp3) is 0.208. The van der Waals surface area contributed by atoms with Crippen molar-refractivity contribution in [3.8, 4) is 0 Å². The van der Waals surface area contributed by atoms with Crippen molar-refractivity contribution in [3.63, 3.8) is 0 Å². The molecule has 8 nitrogen and oxygen atoms in total. The molecular formula is C24H20N4O4S2. The van der Waals surface area contributed by atoms with E-state index in [1.54, 1.807) is 46.9 Å². The Morgan fingerprint density at radius 3 is 2.56 bits per heavy atom. The third-order valence-corrected chi connectivity index (χ3v) is 7.44. The van der Waals surface area contributed by atoms with Crippen LogP contribution in [-0.4, -0.2) is 39.0 Å². The third kappa shape index (κ3) is 4.29. The fourth-order valence-electron chi connectivity index (χ4n) is 3.94. The molecule has 0 fully saturated rings. The van der Waals surface area contributed by atoms with E-state index in [1.807, 2.05) is 35.0 Å². The molecule has 1 aliphatic rings. The molecule has 1 aromatic carbocycles. The number of thiophene rings is 2. The summed E-state index contributed by atoms with van der Waals surface area (Å²) in [7, 11) is 1.54. The number of aromatic nitrogens is 2. The van der Waals surface area contributed by atoms with Crippen molar-refractivity contribution >= 4 is 51.0 Å². The number of esters is 1. The van der Waals surface area contributed by atoms with E-state index in [1.165, 1.54) is 16.7 Å². The fourth-order valence-corrected chi connectivity index (χ4v) is 5.47. The van der Waals surface area contributed by atoms with Gasteiger partial charge in [-0.3, -0.25) is 14.4 Å². The minimum absolute atomic E-state index is 0.153. The molecule has 3 aromatic heterocycles. The minimum atomic E-state index is -0.598. The lowest BCUT2D eigenvalue weighted by molar-refractivity contribution is -0.152. The van der Waals surface area contributed by atoms with Crippen molar-refractivity contribution in [2.45, 2.75) is 18.9 Å². The first-order valence-corrected chi connectivity index (χ1v) is 12.3. The number of nitrogens with zero attached hydrogens (tertiary/aromatic N) is 4. The number of rotatable bonds is 6. The summed E-state index contributed by atoms with van der Waals surface area (Å²) in [6.07, 6.45) is 0.453. The van der Waals surface area contributed by atoms with Crippen LogP contribution in [0.25, 0.3) is 10.8 Å². The zero-order valence-corrected chi connectivity index (χ0v) is 19.8. The van der Waals surface area contributed by atoms with Gasteiger partial charge in [0.2, 0.25) is 0 Å². The molecule has 1 unspecified atom stereocenters. The van der Waals surface area contributed by atoms with Gasteiger partial charge in [-0.15, -0.1) is 22.7 Å². The number of hydrazone groups is 1. The summed E-state index contributed by atoms with van der Waals surface area (Å²) in [5.41, 5.74) is 1.02. The highest BCUT2D eigenvalue weighted by Gasteiger charge is 2.34. The molecule has 5 rings (SSSR count). The molecule has 0 N–H and O–H groups in total. The van der Waals surface area contributed by atoms with Crippen LogP contribution in [0.15, 0.2) is 69.2 Å². The predicted octanol–water partition coefficient (Wildman–Crippen LogP) is 3.52. The van der Waals surface area contributed by atoms with E-state index in [0.29, 0.717) is 22.9 Å². The van der Waals surface area contributed by atoms with Crippen molar-refractivity contribution in [2.75, 3.05) is 6.61 Å². The number of benzene rings is 1. The second kappa shape index (κ2) is 9.32. The molecule has 0 bridgehead atoms. The van der Waals surface area contributed by atoms with Gasteiger partial charge >= 0.3 is 5.97 Å². The Morgan fingerprint density at radius 1 is 1.06 bits per heavy atom. The van der Waals surface area contributed by atoms with Gasteiger partial charge < -0.3 is 4.74 Å². The number of hydrogen-bond donors (Lipinski definition) is 0. The zero-order chi connectivity index (χ0) is 23.7. The largest absolute Gasteiger partial charge is 0.455 e. The molecule has 0 aliphatic carbocycles. The molecule has 34 heavy (non-hydrogen) atoms. The highest BCUT2D eigenvalue weighted by molar-refractivity contribution is 7.12. The predicted molar refractivity (Wildman–Crippen MR) is 131 cm³/mol. The SMILES string of the molecule is Cn1nc(CC(=O)OCC(=O)N2N=C(c3cccs3)CC2c2cccs2)c2ccccc2c1=O. The van der Waals surface area contributed by atoms with E-state index in [2.05, 4.69) is 10.2 Å². The van der Waals surface area contributed by atoms with Crippen LogP contribution in [0.1, 0.15) is 27.9 Å². The van der Waals surface area contributed by atoms with Crippen molar-refractivity contribution in [2.24, 2.45) is 12.1 Å². The summed E-state index contributed by atoms with van der Waals surface area (Å²) in [6, 6.07) is 14.6. The number of ether oxygens (including phenoxy) is 1. The molecule has 10 heteroatoms. The molecular weight excluding hydrogens is 472 g/mol. The Balaban J connectivity index is 1.30. The number of fused-ring (bicyclic) bond motifs is 1. The first kappa shape index (κ1) is 22.2. The smallest absolute Gasteiger partial charge is 0.312 e. The molecule has 0 saturated heterocycles. The quantitative estimate of drug-likeness (QED) is 0.384. The minimum Gasteiger partial charge on any atom is -0.455 e. The van der Waals surface area contributed by atoms with Crippen LogP contribution in [0.5, 0.6) is 0 Å². The van der Waals surface area contributed by atoms with Crippen LogP contribution in [0.2, 0.25) is 0 Å². The Morgan fingerprint density at radius 2 is 1.82 bits per heavy atom. The standard InChI is InChI=1S/C24H20N4O4S2/c1-27-24(31)16-7-3-2-6-15(16)17(25-27)13-23(30)32-14-22(29)28-19(21-9-5-11-34-21)12-18(26-28)20-8-4-10-33-20/h2-11,19H,12-14H2,1H3. The second-order valence-corrected chi connectivity index (χ2v) is 9.68. The first-order valence-electron chi connectivity index (χ1n) is 10.6. The number of carbonyl (C=O) groups is 2. The molecule has 172 valence electrons. The molecule has 4 aromatic rings. The van der Waals surface area contributed by atoms with Gasteiger partial charge in [0.15, 0.2) is 6.61 Å². The van der Waals surface area contributed by atoms with Crippen molar-refractivity contribution in [3.05, 3.63) is 85.1 Å². The van der Waals surface area contributed by atoms with Crippen LogP contribution < -0.4 is 5.56 Å². The summed E-state index contributed by atoms with van der Waals surface area (Å²) in [6.45, 7) is -0.425. The normalized spacial score (nSPS) is 15.5. The average molecular weight is 493 g/mol. The van der Waals surface area contributed by atoms with Gasteiger partial charge in [0, 0.05) is 23.7 Å². The lowest BCUT2D eigenvalue weighted by Crippen LogP contribution is -2.31. The van der Waals surface area contributed by atoms with Crippen molar-refractivity contribution in [1.29, 1.82) is 0 Å². The van der Waals surface area contributed by atoms with E-state index >= 15 is 0 Å². The van der Waals surface area contributed by atoms with Gasteiger partial charge in [-0.25, -0.2) is 9.69 Å². The molecule has 4 heterocycles. The molecule has 0 spiro atoms. The Hall–Kier alpha value is -3.63. The van der Waals surface area contributed by atoms with Gasteiger partial charge in [-0.1, -0.05) is 30.3 Å². The maximum Gasteiger partial charge on any atom is 0.312 e. The van der Waals surface area contributed by atoms with E-state index in [9.17, 15) is 14.4 Å². The lowest BCUT2D eigenvalue weighted by atomic mass is 10.1. The highest BCUT2D eigenvalue weighted by Crippen LogP contribution is 2.35. The second-order valence-electron chi connectivity index (χ2n) is 7.76. The molecule has 1 amide bonds. The van der Waals surface area contributed by atoms with Crippen LogP contribution >= 0.6 is 22.7 Å². The van der Waals surface area contributed by atoms with Crippen LogP contribution in [-0.2, 0) is 27.8 Å². The van der Waals surface area contributed by atoms with Gasteiger partial charge in [-0.05, 0) is 29.0 Å². The summed E-state index contributed by atoms with van der Waals surface area (Å²) in [5, 5.41) is 15.2. The number of amides is 1. The number of carbonyl (C=O) groups excluding carboxylic acids is 2. The van der Waals surface area contributed by atoms with E-state index in [0.717, 1.165) is 15.5 Å². The molecule has 0 radical (unpaired) electrons. The van der Waals surface area contributed by atoms with E-state index < -0.39 is 18.5 Å². The monoisotopic (exact) mass is 492 g/mol. The van der Waals surface area contributed by atoms with Gasteiger partial charge in [0.05, 0.1) is 34.1 Å². The third-order valence-electron chi connectivity index (χ3n) is 5.54. The average Bonchev–Trinajstić information content (AvgIpc) is 3.61. The van der Waals surface area contributed by atoms with Gasteiger partial charge in [0.1, 0.15) is 0 Å². The van der Waals surface area contributed by atoms with Crippen LogP contribution in [0, 0.1) is 0 Å². The van der Waals surface area contributed by atoms with Crippen molar-refractivity contribution < 1.29 is 14.3 Å². The topological polar surface area (TPSA) is 93.9 Å². The first-order chi connectivity index (χ1) is 16.5. The summed E-state index contributed by atoms with van der Waals surface area (Å²) in [4.78, 5) is 39.9. The summed E-state index contributed by atoms with van der Waals surface area (Å²) < 4.78 is 6.51. The van der Waals surface area contributed by atoms with Crippen LogP contribution in [0.3, 0.4) is 0 Å². The molecule has 1 atom stereocenters. The van der Waals surface area contributed by atoms with E-state index in [4.69, 9.17) is 4.74 Å². The maximum atomic E-state index is 13.0. The zero-order valence-electron chi connectivity index (χ0n) is 18.2. The van der Waals surface area contributed by atoms with Gasteiger partial charge in [0.25, 0.3) is 11.5 Å². The van der Waals surface area contributed by atoms with Crippen LogP contribution in [0.4, 0.5) is 0 Å². The number of hydrogen-bond acceptors (Lipinski definition) is 8. The Bertz CT molecular complexity index is 1440. The van der Waals surface area contributed by atoms with E-state index in [-0.39, 0.29) is 18.0 Å². The Kier molecular flexibility index (Phi) is 6.08. The molecule has 0 saturated carbocycles. The summed E-state index contributed by atoms with van der Waals surface area (Å²) >= 11 is 3.14.